The number of aryl methyl sites for hydroxylation is 2. The van der Waals surface area contributed by atoms with E-state index in [1.807, 2.05) is 59.7 Å². The second kappa shape index (κ2) is 22.0. The SMILES string of the molecule is CC(C)(C)OC(=O)CN1CCNCC1.Cn1c(=O)n(C2CCC(=O)NC2=O)c2ccc(C=O)cc21.Cn1c(=O)n(C2CCC(=O)NC2=O)c2ccc(CN3CCN(CC(=O)OC(C)(C)C)CC3)cc21. The van der Waals surface area contributed by atoms with E-state index in [2.05, 4.69) is 30.7 Å². The summed E-state index contributed by atoms with van der Waals surface area (Å²) >= 11 is 0. The number of fused-ring (bicyclic) bond motifs is 2. The number of piperazine rings is 2. The topological polar surface area (TPSA) is 238 Å². The number of carbonyl (C=O) groups is 7. The Bertz CT molecular complexity index is 2700. The van der Waals surface area contributed by atoms with Crippen molar-refractivity contribution in [3.05, 3.63) is 68.5 Å². The number of piperidine rings is 2. The minimum Gasteiger partial charge on any atom is -0.459 e. The molecule has 0 aliphatic carbocycles. The molecule has 0 saturated carbocycles. The number of imidazole rings is 2. The van der Waals surface area contributed by atoms with E-state index in [9.17, 15) is 43.2 Å². The number of hydrogen-bond donors (Lipinski definition) is 3. The maximum atomic E-state index is 12.9. The monoisotopic (exact) mass is 958 g/mol. The lowest BCUT2D eigenvalue weighted by atomic mass is 10.1. The summed E-state index contributed by atoms with van der Waals surface area (Å²) in [6.45, 7) is 19.7. The van der Waals surface area contributed by atoms with Crippen molar-refractivity contribution in [1.29, 1.82) is 0 Å². The third-order valence-corrected chi connectivity index (χ3v) is 12.1. The third kappa shape index (κ3) is 13.5. The molecule has 4 amide bonds. The number of amides is 4. The number of nitrogens with one attached hydrogen (secondary N) is 3. The van der Waals surface area contributed by atoms with Crippen LogP contribution in [0.4, 0.5) is 0 Å². The van der Waals surface area contributed by atoms with Crippen LogP contribution in [-0.2, 0) is 58.9 Å². The lowest BCUT2D eigenvalue weighted by Crippen LogP contribution is -2.48. The predicted molar refractivity (Wildman–Crippen MR) is 255 cm³/mol. The van der Waals surface area contributed by atoms with Crippen LogP contribution in [0.25, 0.3) is 22.1 Å². The highest BCUT2D eigenvalue weighted by Gasteiger charge is 2.33. The Morgan fingerprint density at radius 2 is 1.04 bits per heavy atom. The highest BCUT2D eigenvalue weighted by Crippen LogP contribution is 2.26. The van der Waals surface area contributed by atoms with E-state index in [1.165, 1.54) is 13.7 Å². The minimum absolute atomic E-state index is 0.126. The zero-order chi connectivity index (χ0) is 50.4. The molecule has 0 bridgehead atoms. The summed E-state index contributed by atoms with van der Waals surface area (Å²) in [6.07, 6.45) is 1.73. The van der Waals surface area contributed by atoms with Gasteiger partial charge in [-0.1, -0.05) is 6.07 Å². The van der Waals surface area contributed by atoms with Gasteiger partial charge in [0.1, 0.15) is 29.6 Å². The second-order valence-corrected chi connectivity index (χ2v) is 19.8. The van der Waals surface area contributed by atoms with Crippen molar-refractivity contribution in [2.24, 2.45) is 14.1 Å². The van der Waals surface area contributed by atoms with Gasteiger partial charge in [-0.15, -0.1) is 0 Å². The fraction of sp³-hybridized carbons (Fsp3) is 0.562. The Hall–Kier alpha value is -6.29. The molecule has 4 aromatic rings. The Morgan fingerprint density at radius 1 is 0.609 bits per heavy atom. The first kappa shape index (κ1) is 52.1. The summed E-state index contributed by atoms with van der Waals surface area (Å²) in [5.74, 6) is -1.86. The number of benzene rings is 2. The molecular formula is C48H66N10O11. The molecule has 2 aromatic carbocycles. The average Bonchev–Trinajstić information content (AvgIpc) is 3.66. The van der Waals surface area contributed by atoms with Crippen LogP contribution in [0.5, 0.6) is 0 Å². The molecule has 6 heterocycles. The summed E-state index contributed by atoms with van der Waals surface area (Å²) in [6, 6.07) is 9.31. The number of carbonyl (C=O) groups excluding carboxylic acids is 7. The molecule has 4 fully saturated rings. The van der Waals surface area contributed by atoms with E-state index in [0.29, 0.717) is 54.3 Å². The van der Waals surface area contributed by atoms with E-state index >= 15 is 0 Å². The first-order chi connectivity index (χ1) is 32.5. The van der Waals surface area contributed by atoms with Crippen molar-refractivity contribution in [2.45, 2.75) is 97.1 Å². The van der Waals surface area contributed by atoms with Crippen molar-refractivity contribution in [3.8, 4) is 0 Å². The Labute approximate surface area is 400 Å². The molecule has 8 rings (SSSR count). The summed E-state index contributed by atoms with van der Waals surface area (Å²) in [5, 5.41) is 7.83. The molecule has 2 unspecified atom stereocenters. The number of aromatic nitrogens is 4. The van der Waals surface area contributed by atoms with E-state index in [4.69, 9.17) is 9.47 Å². The lowest BCUT2D eigenvalue weighted by Gasteiger charge is -2.34. The Balaban J connectivity index is 0.000000189. The molecule has 2 aromatic heterocycles. The van der Waals surface area contributed by atoms with Gasteiger partial charge in [-0.3, -0.25) is 77.2 Å². The number of imide groups is 2. The molecule has 0 spiro atoms. The highest BCUT2D eigenvalue weighted by atomic mass is 16.6. The van der Waals surface area contributed by atoms with Crippen LogP contribution in [0.3, 0.4) is 0 Å². The van der Waals surface area contributed by atoms with Gasteiger partial charge in [0.15, 0.2) is 0 Å². The van der Waals surface area contributed by atoms with Gasteiger partial charge in [0.05, 0.1) is 35.2 Å². The first-order valence-corrected chi connectivity index (χ1v) is 23.4. The smallest absolute Gasteiger partial charge is 0.329 e. The van der Waals surface area contributed by atoms with Gasteiger partial charge in [-0.05, 0) is 90.3 Å². The molecule has 4 aliphatic rings. The van der Waals surface area contributed by atoms with Crippen molar-refractivity contribution >= 4 is 63.9 Å². The molecule has 374 valence electrons. The summed E-state index contributed by atoms with van der Waals surface area (Å²) in [7, 11) is 3.29. The average molecular weight is 959 g/mol. The maximum Gasteiger partial charge on any atom is 0.329 e. The quantitative estimate of drug-likeness (QED) is 0.121. The van der Waals surface area contributed by atoms with Crippen LogP contribution in [0, 0.1) is 0 Å². The van der Waals surface area contributed by atoms with E-state index in [-0.39, 0.29) is 53.6 Å². The maximum absolute atomic E-state index is 12.9. The largest absolute Gasteiger partial charge is 0.459 e. The summed E-state index contributed by atoms with van der Waals surface area (Å²) in [5.41, 5.74) is 2.67. The van der Waals surface area contributed by atoms with E-state index in [0.717, 1.165) is 70.0 Å². The molecule has 21 nitrogen and oxygen atoms in total. The molecule has 4 aliphatic heterocycles. The number of rotatable bonds is 9. The van der Waals surface area contributed by atoms with Crippen LogP contribution in [-0.4, -0.2) is 151 Å². The lowest BCUT2D eigenvalue weighted by molar-refractivity contribution is -0.157. The molecule has 4 saturated heterocycles. The number of ether oxygens (including phenoxy) is 2. The van der Waals surface area contributed by atoms with Gasteiger partial charge in [0.25, 0.3) is 0 Å². The molecule has 2 atom stereocenters. The number of aldehydes is 1. The van der Waals surface area contributed by atoms with Gasteiger partial charge in [-0.25, -0.2) is 9.59 Å². The van der Waals surface area contributed by atoms with Crippen LogP contribution in [0.15, 0.2) is 46.0 Å². The molecule has 21 heteroatoms. The Kier molecular flexibility index (Phi) is 16.6. The third-order valence-electron chi connectivity index (χ3n) is 12.1. The van der Waals surface area contributed by atoms with Gasteiger partial charge in [-0.2, -0.15) is 0 Å². The molecular weight excluding hydrogens is 893 g/mol. The Morgan fingerprint density at radius 3 is 1.49 bits per heavy atom. The predicted octanol–water partition coefficient (Wildman–Crippen LogP) is 1.14. The van der Waals surface area contributed by atoms with Crippen LogP contribution in [0.2, 0.25) is 0 Å². The van der Waals surface area contributed by atoms with Crippen molar-refractivity contribution < 1.29 is 43.0 Å². The highest BCUT2D eigenvalue weighted by molar-refractivity contribution is 6.01. The van der Waals surface area contributed by atoms with Crippen LogP contribution >= 0.6 is 0 Å². The van der Waals surface area contributed by atoms with Gasteiger partial charge in [0, 0.05) is 91.4 Å². The van der Waals surface area contributed by atoms with Crippen molar-refractivity contribution in [3.63, 3.8) is 0 Å². The summed E-state index contributed by atoms with van der Waals surface area (Å²) in [4.78, 5) is 113. The second-order valence-electron chi connectivity index (χ2n) is 19.8. The van der Waals surface area contributed by atoms with Crippen molar-refractivity contribution in [2.75, 3.05) is 65.4 Å². The fourth-order valence-corrected chi connectivity index (χ4v) is 8.77. The molecule has 0 radical (unpaired) electrons. The van der Waals surface area contributed by atoms with Gasteiger partial charge in [0.2, 0.25) is 23.6 Å². The van der Waals surface area contributed by atoms with Crippen LogP contribution in [0.1, 0.15) is 95.2 Å². The van der Waals surface area contributed by atoms with E-state index < -0.39 is 29.5 Å². The number of esters is 2. The van der Waals surface area contributed by atoms with Gasteiger partial charge < -0.3 is 14.8 Å². The minimum atomic E-state index is -0.707. The standard InChI is InChI=1S/C24H33N5O5.C14H13N3O4.C10H20N2O2/c1-24(2,3)34-21(31)15-28-11-9-27(10-12-28)14-16-5-6-17-19(13-16)26(4)23(33)29(17)18-7-8-20(30)25-22(18)32;1-16-11-6-8(7-18)2-3-9(11)17(14(16)21)10-4-5-12(19)15-13(10)20;1-10(2,3)14-9(13)8-12-6-4-11-5-7-12/h5-6,13,18H,7-12,14-15H2,1-4H3,(H,25,30,32);2-3,6-7,10H,4-5H2,1H3,(H,15,19,20);11H,4-8H2,1-3H3. The van der Waals surface area contributed by atoms with Gasteiger partial charge >= 0.3 is 23.3 Å². The number of hydrogen-bond acceptors (Lipinski definition) is 15. The normalized spacial score (nSPS) is 19.8. The molecule has 69 heavy (non-hydrogen) atoms. The number of nitrogens with zero attached hydrogens (tertiary/aromatic N) is 7. The molecule has 3 N–H and O–H groups in total. The van der Waals surface area contributed by atoms with Crippen LogP contribution < -0.4 is 27.3 Å². The fourth-order valence-electron chi connectivity index (χ4n) is 8.77. The zero-order valence-electron chi connectivity index (χ0n) is 40.9. The van der Waals surface area contributed by atoms with Crippen molar-refractivity contribution in [1.82, 2.24) is 48.9 Å². The zero-order valence-corrected chi connectivity index (χ0v) is 40.9. The van der Waals surface area contributed by atoms with E-state index in [1.54, 1.807) is 36.9 Å². The first-order valence-electron chi connectivity index (χ1n) is 23.4. The summed E-state index contributed by atoms with van der Waals surface area (Å²) < 4.78 is 16.5.